The van der Waals surface area contributed by atoms with Crippen molar-refractivity contribution in [3.05, 3.63) is 35.6 Å². The highest BCUT2D eigenvalue weighted by Gasteiger charge is 1.97. The molecule has 1 N–H and O–H groups in total. The fraction of sp³-hybridized carbons (Fsp3) is 0.400. The van der Waals surface area contributed by atoms with E-state index in [4.69, 9.17) is 0 Å². The first-order valence-electron chi connectivity index (χ1n) is 4.29. The van der Waals surface area contributed by atoms with Gasteiger partial charge in [0.2, 0.25) is 0 Å². The van der Waals surface area contributed by atoms with Crippen LogP contribution >= 0.6 is 0 Å². The molecule has 0 aromatic rings. The maximum Gasteiger partial charge on any atom is 0.0467 e. The third-order valence-electron chi connectivity index (χ3n) is 1.83. The number of nitrogens with one attached hydrogen (secondary N) is 1. The van der Waals surface area contributed by atoms with Crippen LogP contribution in [0.3, 0.4) is 0 Å². The van der Waals surface area contributed by atoms with Crippen molar-refractivity contribution in [3.63, 3.8) is 0 Å². The lowest BCUT2D eigenvalue weighted by atomic mass is 10.1. The summed E-state index contributed by atoms with van der Waals surface area (Å²) in [7, 11) is 0. The molecule has 1 nitrogen and oxygen atoms in total. The zero-order valence-electron chi connectivity index (χ0n) is 7.31. The zero-order valence-corrected chi connectivity index (χ0v) is 7.31. The quantitative estimate of drug-likeness (QED) is 0.637. The molecular formula is C10H14FN. The molecule has 0 atom stereocenters. The van der Waals surface area contributed by atoms with Gasteiger partial charge in [-0.25, -0.2) is 5.54 Å². The largest absolute Gasteiger partial charge is 0.228 e. The molecule has 0 aromatic heterocycles. The molecule has 0 saturated heterocycles. The summed E-state index contributed by atoms with van der Waals surface area (Å²) in [6, 6.07) is 0. The van der Waals surface area contributed by atoms with E-state index >= 15 is 0 Å². The number of halogens is 1. The first-order valence-corrected chi connectivity index (χ1v) is 4.29. The third-order valence-corrected chi connectivity index (χ3v) is 1.83. The SMILES string of the molecule is CCCC1=CC=C(NF)CC=C1. The van der Waals surface area contributed by atoms with Gasteiger partial charge >= 0.3 is 0 Å². The molecule has 0 unspecified atom stereocenters. The van der Waals surface area contributed by atoms with Gasteiger partial charge in [0.1, 0.15) is 0 Å². The Bertz CT molecular complexity index is 226. The normalized spacial score (nSPS) is 16.5. The van der Waals surface area contributed by atoms with Crippen LogP contribution in [0.5, 0.6) is 0 Å². The van der Waals surface area contributed by atoms with Crippen LogP contribution in [-0.4, -0.2) is 0 Å². The predicted octanol–water partition coefficient (Wildman–Crippen LogP) is 3.03. The van der Waals surface area contributed by atoms with Gasteiger partial charge in [0.25, 0.3) is 0 Å². The van der Waals surface area contributed by atoms with Crippen molar-refractivity contribution in [1.82, 2.24) is 5.54 Å². The van der Waals surface area contributed by atoms with Gasteiger partial charge in [-0.1, -0.05) is 31.6 Å². The molecule has 0 saturated carbocycles. The van der Waals surface area contributed by atoms with Crippen LogP contribution in [0.25, 0.3) is 0 Å². The molecular weight excluding hydrogens is 153 g/mol. The summed E-state index contributed by atoms with van der Waals surface area (Å²) < 4.78 is 12.0. The molecule has 66 valence electrons. The summed E-state index contributed by atoms with van der Waals surface area (Å²) in [5.41, 5.74) is 3.56. The second-order valence-corrected chi connectivity index (χ2v) is 2.88. The molecule has 0 heterocycles. The molecule has 0 fully saturated rings. The predicted molar refractivity (Wildman–Crippen MR) is 49.1 cm³/mol. The van der Waals surface area contributed by atoms with E-state index in [2.05, 4.69) is 13.0 Å². The van der Waals surface area contributed by atoms with Crippen molar-refractivity contribution < 1.29 is 4.48 Å². The minimum absolute atomic E-state index is 0.623. The molecule has 1 rings (SSSR count). The first-order chi connectivity index (χ1) is 5.86. The minimum atomic E-state index is 0.623. The van der Waals surface area contributed by atoms with Gasteiger partial charge in [-0.2, -0.15) is 0 Å². The van der Waals surface area contributed by atoms with Gasteiger partial charge in [0.15, 0.2) is 0 Å². The molecule has 1 aliphatic carbocycles. The van der Waals surface area contributed by atoms with Gasteiger partial charge in [-0.15, -0.1) is 4.48 Å². The maximum atomic E-state index is 12.0. The smallest absolute Gasteiger partial charge is 0.0467 e. The van der Waals surface area contributed by atoms with Crippen molar-refractivity contribution in [1.29, 1.82) is 0 Å². The van der Waals surface area contributed by atoms with Gasteiger partial charge in [-0.3, -0.25) is 0 Å². The fourth-order valence-electron chi connectivity index (χ4n) is 1.19. The lowest BCUT2D eigenvalue weighted by Gasteiger charge is -1.94. The summed E-state index contributed by atoms with van der Waals surface area (Å²) >= 11 is 0. The molecule has 12 heavy (non-hydrogen) atoms. The Morgan fingerprint density at radius 3 is 3.00 bits per heavy atom. The lowest BCUT2D eigenvalue weighted by molar-refractivity contribution is 0.381. The highest BCUT2D eigenvalue weighted by molar-refractivity contribution is 5.29. The van der Waals surface area contributed by atoms with Crippen molar-refractivity contribution in [2.24, 2.45) is 0 Å². The second kappa shape index (κ2) is 4.75. The number of rotatable bonds is 3. The fourth-order valence-corrected chi connectivity index (χ4v) is 1.19. The Labute approximate surface area is 72.6 Å². The summed E-state index contributed by atoms with van der Waals surface area (Å²) in [5.74, 6) is 0. The van der Waals surface area contributed by atoms with E-state index in [0.29, 0.717) is 12.1 Å². The second-order valence-electron chi connectivity index (χ2n) is 2.88. The molecule has 0 radical (unpaired) electrons. The molecule has 0 amide bonds. The van der Waals surface area contributed by atoms with E-state index in [9.17, 15) is 4.48 Å². The zero-order chi connectivity index (χ0) is 8.81. The highest BCUT2D eigenvalue weighted by Crippen LogP contribution is 2.13. The Kier molecular flexibility index (Phi) is 3.58. The van der Waals surface area contributed by atoms with Gasteiger partial charge in [0, 0.05) is 12.1 Å². The van der Waals surface area contributed by atoms with Crippen LogP contribution in [0.1, 0.15) is 26.2 Å². The summed E-state index contributed by atoms with van der Waals surface area (Å²) in [5, 5.41) is 0. The summed E-state index contributed by atoms with van der Waals surface area (Å²) in [6.45, 7) is 2.14. The topological polar surface area (TPSA) is 12.0 Å². The number of allylic oxidation sites excluding steroid dienone is 5. The third kappa shape index (κ3) is 2.53. The van der Waals surface area contributed by atoms with Crippen LogP contribution in [0.4, 0.5) is 4.48 Å². The number of hydrogen-bond donors (Lipinski definition) is 1. The molecule has 0 aliphatic heterocycles. The van der Waals surface area contributed by atoms with E-state index in [1.807, 2.05) is 12.2 Å². The minimum Gasteiger partial charge on any atom is -0.228 e. The van der Waals surface area contributed by atoms with Gasteiger partial charge < -0.3 is 0 Å². The lowest BCUT2D eigenvalue weighted by Crippen LogP contribution is -1.97. The van der Waals surface area contributed by atoms with E-state index in [-0.39, 0.29) is 0 Å². The molecule has 1 aliphatic rings. The average molecular weight is 167 g/mol. The van der Waals surface area contributed by atoms with Crippen LogP contribution in [-0.2, 0) is 0 Å². The van der Waals surface area contributed by atoms with E-state index in [0.717, 1.165) is 12.8 Å². The van der Waals surface area contributed by atoms with Gasteiger partial charge in [0.05, 0.1) is 0 Å². The summed E-state index contributed by atoms with van der Waals surface area (Å²) in [6.07, 6.45) is 10.6. The Balaban J connectivity index is 2.64. The van der Waals surface area contributed by atoms with Crippen LogP contribution in [0.2, 0.25) is 0 Å². The maximum absolute atomic E-state index is 12.0. The Morgan fingerprint density at radius 2 is 2.33 bits per heavy atom. The van der Waals surface area contributed by atoms with E-state index < -0.39 is 0 Å². The monoisotopic (exact) mass is 167 g/mol. The van der Waals surface area contributed by atoms with Crippen LogP contribution < -0.4 is 5.54 Å². The summed E-state index contributed by atoms with van der Waals surface area (Å²) in [4.78, 5) is 0. The average Bonchev–Trinajstić information content (AvgIpc) is 2.31. The van der Waals surface area contributed by atoms with Crippen LogP contribution in [0.15, 0.2) is 35.6 Å². The first kappa shape index (κ1) is 9.04. The molecule has 0 bridgehead atoms. The van der Waals surface area contributed by atoms with Crippen molar-refractivity contribution in [2.75, 3.05) is 0 Å². The molecule has 0 aromatic carbocycles. The van der Waals surface area contributed by atoms with Crippen LogP contribution in [0, 0.1) is 0 Å². The van der Waals surface area contributed by atoms with Crippen molar-refractivity contribution >= 4 is 0 Å². The Hall–Kier alpha value is -1.05. The molecule has 2 heteroatoms. The highest BCUT2D eigenvalue weighted by atomic mass is 19.2. The molecule has 0 spiro atoms. The van der Waals surface area contributed by atoms with E-state index in [1.54, 1.807) is 11.6 Å². The Morgan fingerprint density at radius 1 is 1.50 bits per heavy atom. The standard InChI is InChI=1S/C10H14FN/c1-2-4-9-5-3-6-10(12-11)8-7-9/h3,5,7-8,12H,2,4,6H2,1H3. The van der Waals surface area contributed by atoms with Crippen molar-refractivity contribution in [2.45, 2.75) is 26.2 Å². The van der Waals surface area contributed by atoms with Crippen molar-refractivity contribution in [3.8, 4) is 0 Å². The number of hydrogen-bond acceptors (Lipinski definition) is 1. The van der Waals surface area contributed by atoms with E-state index in [1.165, 1.54) is 5.57 Å². The van der Waals surface area contributed by atoms with Gasteiger partial charge in [-0.05, 0) is 18.1 Å².